The SMILES string of the molecule is CC(C)(C)OC(=O)CN1C(=O)CCCC1=O. The molecule has 0 aromatic heterocycles. The zero-order valence-corrected chi connectivity index (χ0v) is 9.91. The molecule has 0 atom stereocenters. The Morgan fingerprint density at radius 3 is 2.19 bits per heavy atom. The number of nitrogens with zero attached hydrogens (tertiary/aromatic N) is 1. The number of hydrogen-bond acceptors (Lipinski definition) is 4. The average Bonchev–Trinajstić information content (AvgIpc) is 2.08. The lowest BCUT2D eigenvalue weighted by atomic mass is 10.1. The molecule has 0 N–H and O–H groups in total. The fraction of sp³-hybridized carbons (Fsp3) is 0.727. The van der Waals surface area contributed by atoms with Crippen molar-refractivity contribution in [2.24, 2.45) is 0 Å². The maximum absolute atomic E-state index is 11.4. The molecule has 1 heterocycles. The number of ether oxygens (including phenoxy) is 1. The van der Waals surface area contributed by atoms with Crippen molar-refractivity contribution in [3.05, 3.63) is 0 Å². The normalized spacial score (nSPS) is 17.6. The van der Waals surface area contributed by atoms with Crippen molar-refractivity contribution in [2.45, 2.75) is 45.6 Å². The molecule has 1 aliphatic heterocycles. The second-order valence-electron chi connectivity index (χ2n) is 4.81. The zero-order valence-electron chi connectivity index (χ0n) is 9.91. The van der Waals surface area contributed by atoms with E-state index in [2.05, 4.69) is 0 Å². The van der Waals surface area contributed by atoms with Gasteiger partial charge in [-0.25, -0.2) is 0 Å². The third-order valence-corrected chi connectivity index (χ3v) is 2.09. The van der Waals surface area contributed by atoms with Crippen LogP contribution < -0.4 is 0 Å². The Kier molecular flexibility index (Phi) is 3.67. The first-order valence-electron chi connectivity index (χ1n) is 5.34. The first-order valence-corrected chi connectivity index (χ1v) is 5.34. The van der Waals surface area contributed by atoms with E-state index in [0.29, 0.717) is 19.3 Å². The van der Waals surface area contributed by atoms with E-state index in [-0.39, 0.29) is 18.4 Å². The van der Waals surface area contributed by atoms with Gasteiger partial charge in [0.2, 0.25) is 11.8 Å². The van der Waals surface area contributed by atoms with Crippen LogP contribution in [0.2, 0.25) is 0 Å². The highest BCUT2D eigenvalue weighted by Gasteiger charge is 2.29. The smallest absolute Gasteiger partial charge is 0.326 e. The number of carbonyl (C=O) groups excluding carboxylic acids is 3. The molecule has 0 saturated carbocycles. The van der Waals surface area contributed by atoms with Crippen LogP contribution in [0.5, 0.6) is 0 Å². The Morgan fingerprint density at radius 2 is 1.75 bits per heavy atom. The molecule has 0 spiro atoms. The third kappa shape index (κ3) is 3.64. The number of imide groups is 1. The molecule has 0 radical (unpaired) electrons. The van der Waals surface area contributed by atoms with Gasteiger partial charge >= 0.3 is 5.97 Å². The largest absolute Gasteiger partial charge is 0.459 e. The maximum atomic E-state index is 11.4. The molecule has 1 saturated heterocycles. The summed E-state index contributed by atoms with van der Waals surface area (Å²) in [6.07, 6.45) is 1.23. The van der Waals surface area contributed by atoms with E-state index in [4.69, 9.17) is 4.74 Å². The highest BCUT2D eigenvalue weighted by molar-refractivity contribution is 6.00. The van der Waals surface area contributed by atoms with Gasteiger partial charge in [0.1, 0.15) is 12.1 Å². The fourth-order valence-corrected chi connectivity index (χ4v) is 1.48. The lowest BCUT2D eigenvalue weighted by molar-refractivity contribution is -0.163. The fourth-order valence-electron chi connectivity index (χ4n) is 1.48. The van der Waals surface area contributed by atoms with E-state index in [1.807, 2.05) is 0 Å². The van der Waals surface area contributed by atoms with Crippen LogP contribution in [-0.4, -0.2) is 34.8 Å². The molecule has 0 bridgehead atoms. The molecule has 16 heavy (non-hydrogen) atoms. The molecule has 0 aliphatic carbocycles. The summed E-state index contributed by atoms with van der Waals surface area (Å²) < 4.78 is 5.05. The Balaban J connectivity index is 2.55. The number of likely N-dealkylation sites (tertiary alicyclic amines) is 1. The first kappa shape index (κ1) is 12.7. The van der Waals surface area contributed by atoms with Crippen LogP contribution in [0, 0.1) is 0 Å². The summed E-state index contributed by atoms with van der Waals surface area (Å²) in [5.74, 6) is -1.12. The quantitative estimate of drug-likeness (QED) is 0.518. The van der Waals surface area contributed by atoms with Gasteiger partial charge in [-0.3, -0.25) is 19.3 Å². The van der Waals surface area contributed by atoms with Crippen molar-refractivity contribution in [2.75, 3.05) is 6.54 Å². The number of carbonyl (C=O) groups is 3. The molecule has 0 aromatic carbocycles. The van der Waals surface area contributed by atoms with Gasteiger partial charge in [0.15, 0.2) is 0 Å². The predicted molar refractivity (Wildman–Crippen MR) is 56.4 cm³/mol. The highest BCUT2D eigenvalue weighted by Crippen LogP contribution is 2.13. The summed E-state index contributed by atoms with van der Waals surface area (Å²) in [5.41, 5.74) is -0.598. The number of piperidine rings is 1. The Bertz CT molecular complexity index is 300. The van der Waals surface area contributed by atoms with E-state index in [9.17, 15) is 14.4 Å². The lowest BCUT2D eigenvalue weighted by Crippen LogP contribution is -2.44. The van der Waals surface area contributed by atoms with Gasteiger partial charge < -0.3 is 4.74 Å². The summed E-state index contributed by atoms with van der Waals surface area (Å²) >= 11 is 0. The van der Waals surface area contributed by atoms with Crippen LogP contribution in [0.25, 0.3) is 0 Å². The summed E-state index contributed by atoms with van der Waals surface area (Å²) in [4.78, 5) is 35.2. The number of amides is 2. The number of rotatable bonds is 2. The predicted octanol–water partition coefficient (Wildman–Crippen LogP) is 0.867. The molecule has 1 aliphatic rings. The average molecular weight is 227 g/mol. The molecule has 0 unspecified atom stereocenters. The van der Waals surface area contributed by atoms with Crippen molar-refractivity contribution < 1.29 is 19.1 Å². The topological polar surface area (TPSA) is 63.7 Å². The van der Waals surface area contributed by atoms with Crippen LogP contribution in [0.15, 0.2) is 0 Å². The van der Waals surface area contributed by atoms with Crippen molar-refractivity contribution in [3.63, 3.8) is 0 Å². The number of esters is 1. The van der Waals surface area contributed by atoms with Crippen molar-refractivity contribution in [3.8, 4) is 0 Å². The Hall–Kier alpha value is -1.39. The molecule has 1 fully saturated rings. The first-order chi connectivity index (χ1) is 7.29. The molecular weight excluding hydrogens is 210 g/mol. The molecule has 5 heteroatoms. The summed E-state index contributed by atoms with van der Waals surface area (Å²) in [7, 11) is 0. The van der Waals surface area contributed by atoms with Crippen LogP contribution in [0.1, 0.15) is 40.0 Å². The molecule has 1 rings (SSSR count). The molecule has 5 nitrogen and oxygen atoms in total. The molecular formula is C11H17NO4. The van der Waals surface area contributed by atoms with Gasteiger partial charge in [-0.1, -0.05) is 0 Å². The summed E-state index contributed by atoms with van der Waals surface area (Å²) in [6, 6.07) is 0. The highest BCUT2D eigenvalue weighted by atomic mass is 16.6. The van der Waals surface area contributed by atoms with Crippen LogP contribution in [0.4, 0.5) is 0 Å². The second-order valence-corrected chi connectivity index (χ2v) is 4.81. The van der Waals surface area contributed by atoms with E-state index >= 15 is 0 Å². The zero-order chi connectivity index (χ0) is 12.3. The van der Waals surface area contributed by atoms with E-state index in [1.54, 1.807) is 20.8 Å². The van der Waals surface area contributed by atoms with Crippen molar-refractivity contribution >= 4 is 17.8 Å². The van der Waals surface area contributed by atoms with Gasteiger partial charge in [-0.05, 0) is 27.2 Å². The molecule has 90 valence electrons. The third-order valence-electron chi connectivity index (χ3n) is 2.09. The van der Waals surface area contributed by atoms with Crippen molar-refractivity contribution in [1.29, 1.82) is 0 Å². The van der Waals surface area contributed by atoms with Crippen LogP contribution in [0.3, 0.4) is 0 Å². The van der Waals surface area contributed by atoms with Crippen molar-refractivity contribution in [1.82, 2.24) is 4.90 Å². The standard InChI is InChI=1S/C11H17NO4/c1-11(2,3)16-10(15)7-12-8(13)5-4-6-9(12)14/h4-7H2,1-3H3. The summed E-state index contributed by atoms with van der Waals surface area (Å²) in [5, 5.41) is 0. The minimum absolute atomic E-state index is 0.269. The minimum Gasteiger partial charge on any atom is -0.459 e. The van der Waals surface area contributed by atoms with Gasteiger partial charge in [0.25, 0.3) is 0 Å². The Morgan fingerprint density at radius 1 is 1.25 bits per heavy atom. The second kappa shape index (κ2) is 4.63. The van der Waals surface area contributed by atoms with Crippen LogP contribution in [-0.2, 0) is 19.1 Å². The molecule has 2 amide bonds. The maximum Gasteiger partial charge on any atom is 0.326 e. The number of hydrogen-bond donors (Lipinski definition) is 0. The minimum atomic E-state index is -0.598. The van der Waals surface area contributed by atoms with Crippen LogP contribution >= 0.6 is 0 Å². The van der Waals surface area contributed by atoms with Gasteiger partial charge in [0.05, 0.1) is 0 Å². The van der Waals surface area contributed by atoms with E-state index in [1.165, 1.54) is 0 Å². The van der Waals surface area contributed by atoms with E-state index < -0.39 is 11.6 Å². The molecule has 0 aromatic rings. The lowest BCUT2D eigenvalue weighted by Gasteiger charge is -2.26. The Labute approximate surface area is 94.7 Å². The summed E-state index contributed by atoms with van der Waals surface area (Å²) in [6.45, 7) is 4.95. The van der Waals surface area contributed by atoms with E-state index in [0.717, 1.165) is 4.90 Å². The monoisotopic (exact) mass is 227 g/mol. The van der Waals surface area contributed by atoms with Gasteiger partial charge in [-0.15, -0.1) is 0 Å². The van der Waals surface area contributed by atoms with Gasteiger partial charge in [-0.2, -0.15) is 0 Å². The van der Waals surface area contributed by atoms with Gasteiger partial charge in [0, 0.05) is 12.8 Å².